The standard InChI is InChI=1S/C15H14/c1-3-7-12-11-13(8-4-2)15-10-6-5-9-14(12)15/h3-11H,1H2,2H3. The van der Waals surface area contributed by atoms with Gasteiger partial charge in [-0.3, -0.25) is 0 Å². The third-order valence-electron chi connectivity index (χ3n) is 2.50. The van der Waals surface area contributed by atoms with E-state index in [1.165, 1.54) is 22.3 Å². The molecule has 0 saturated heterocycles. The van der Waals surface area contributed by atoms with Gasteiger partial charge < -0.3 is 0 Å². The monoisotopic (exact) mass is 194 g/mol. The van der Waals surface area contributed by atoms with Gasteiger partial charge in [0, 0.05) is 0 Å². The third-order valence-corrected chi connectivity index (χ3v) is 2.50. The molecule has 0 unspecified atom stereocenters. The first-order chi connectivity index (χ1) is 7.36. The number of allylic oxidation sites excluding steroid dienone is 7. The average Bonchev–Trinajstić information content (AvgIpc) is 2.59. The highest BCUT2D eigenvalue weighted by atomic mass is 14.2. The van der Waals surface area contributed by atoms with Gasteiger partial charge in [-0.1, -0.05) is 55.1 Å². The average molecular weight is 194 g/mol. The second-order valence-electron chi connectivity index (χ2n) is 3.50. The lowest BCUT2D eigenvalue weighted by atomic mass is 10.0. The third kappa shape index (κ3) is 1.71. The molecule has 0 fully saturated rings. The van der Waals surface area contributed by atoms with E-state index in [0.717, 1.165) is 0 Å². The van der Waals surface area contributed by atoms with Crippen molar-refractivity contribution < 1.29 is 0 Å². The molecule has 0 saturated carbocycles. The SMILES string of the molecule is C=CC=C1C=C(C=CC)c2ccccc21. The van der Waals surface area contributed by atoms with Crippen LogP contribution >= 0.6 is 0 Å². The summed E-state index contributed by atoms with van der Waals surface area (Å²) in [5, 5.41) is 0. The van der Waals surface area contributed by atoms with E-state index < -0.39 is 0 Å². The van der Waals surface area contributed by atoms with Crippen molar-refractivity contribution in [1.29, 1.82) is 0 Å². The van der Waals surface area contributed by atoms with Crippen molar-refractivity contribution in [2.24, 2.45) is 0 Å². The summed E-state index contributed by atoms with van der Waals surface area (Å²) >= 11 is 0. The lowest BCUT2D eigenvalue weighted by Crippen LogP contribution is -1.80. The molecule has 0 atom stereocenters. The first-order valence-electron chi connectivity index (χ1n) is 5.13. The summed E-state index contributed by atoms with van der Waals surface area (Å²) in [4.78, 5) is 0. The highest BCUT2D eigenvalue weighted by Crippen LogP contribution is 2.35. The predicted molar refractivity (Wildman–Crippen MR) is 67.4 cm³/mol. The summed E-state index contributed by atoms with van der Waals surface area (Å²) in [6.45, 7) is 5.78. The minimum absolute atomic E-state index is 1.24. The number of benzene rings is 1. The van der Waals surface area contributed by atoms with Crippen molar-refractivity contribution in [1.82, 2.24) is 0 Å². The van der Waals surface area contributed by atoms with Gasteiger partial charge in [0.2, 0.25) is 0 Å². The first-order valence-corrected chi connectivity index (χ1v) is 5.13. The van der Waals surface area contributed by atoms with E-state index in [2.05, 4.69) is 55.1 Å². The Labute approximate surface area is 91.0 Å². The van der Waals surface area contributed by atoms with E-state index in [1.807, 2.05) is 13.0 Å². The fraction of sp³-hybridized carbons (Fsp3) is 0.0667. The molecule has 0 amide bonds. The van der Waals surface area contributed by atoms with E-state index in [9.17, 15) is 0 Å². The van der Waals surface area contributed by atoms with Gasteiger partial charge in [-0.25, -0.2) is 0 Å². The van der Waals surface area contributed by atoms with Gasteiger partial charge in [-0.15, -0.1) is 0 Å². The number of hydrogen-bond acceptors (Lipinski definition) is 0. The smallest absolute Gasteiger partial charge is 0.0105 e. The van der Waals surface area contributed by atoms with Gasteiger partial charge in [0.15, 0.2) is 0 Å². The van der Waals surface area contributed by atoms with Crippen LogP contribution in [0.5, 0.6) is 0 Å². The molecule has 0 aromatic heterocycles. The van der Waals surface area contributed by atoms with Crippen LogP contribution in [0, 0.1) is 0 Å². The molecule has 1 aliphatic rings. The summed E-state index contributed by atoms with van der Waals surface area (Å²) in [6.07, 6.45) is 10.3. The Balaban J connectivity index is 2.58. The van der Waals surface area contributed by atoms with Crippen LogP contribution in [0.4, 0.5) is 0 Å². The van der Waals surface area contributed by atoms with Gasteiger partial charge in [-0.05, 0) is 35.3 Å². The summed E-state index contributed by atoms with van der Waals surface area (Å²) in [5.41, 5.74) is 5.13. The molecule has 0 spiro atoms. The van der Waals surface area contributed by atoms with E-state index in [0.29, 0.717) is 0 Å². The maximum absolute atomic E-state index is 3.74. The van der Waals surface area contributed by atoms with Crippen LogP contribution in [0.2, 0.25) is 0 Å². The van der Waals surface area contributed by atoms with Crippen LogP contribution in [0.3, 0.4) is 0 Å². The molecule has 74 valence electrons. The zero-order valence-electron chi connectivity index (χ0n) is 8.90. The fourth-order valence-corrected chi connectivity index (χ4v) is 1.89. The molecule has 0 bridgehead atoms. The predicted octanol–water partition coefficient (Wildman–Crippen LogP) is 4.23. The molecule has 0 aliphatic heterocycles. The molecule has 15 heavy (non-hydrogen) atoms. The Morgan fingerprint density at radius 1 is 1.13 bits per heavy atom. The van der Waals surface area contributed by atoms with Crippen molar-refractivity contribution >= 4 is 11.1 Å². The molecular formula is C15H14. The summed E-state index contributed by atoms with van der Waals surface area (Å²) < 4.78 is 0. The minimum atomic E-state index is 1.24. The highest BCUT2D eigenvalue weighted by molar-refractivity contribution is 5.98. The van der Waals surface area contributed by atoms with Crippen molar-refractivity contribution in [2.75, 3.05) is 0 Å². The van der Waals surface area contributed by atoms with Crippen molar-refractivity contribution in [3.05, 3.63) is 72.4 Å². The Hall–Kier alpha value is -1.82. The van der Waals surface area contributed by atoms with Crippen LogP contribution < -0.4 is 0 Å². The normalized spacial score (nSPS) is 16.9. The Kier molecular flexibility index (Phi) is 2.68. The Morgan fingerprint density at radius 3 is 2.53 bits per heavy atom. The van der Waals surface area contributed by atoms with Crippen LogP contribution in [-0.4, -0.2) is 0 Å². The maximum Gasteiger partial charge on any atom is -0.0105 e. The quantitative estimate of drug-likeness (QED) is 0.661. The molecule has 2 rings (SSSR count). The lowest BCUT2D eigenvalue weighted by molar-refractivity contribution is 1.59. The molecule has 1 aromatic carbocycles. The van der Waals surface area contributed by atoms with Crippen molar-refractivity contribution in [3.63, 3.8) is 0 Å². The van der Waals surface area contributed by atoms with Gasteiger partial charge in [0.1, 0.15) is 0 Å². The highest BCUT2D eigenvalue weighted by Gasteiger charge is 2.14. The number of fused-ring (bicyclic) bond motifs is 1. The summed E-state index contributed by atoms with van der Waals surface area (Å²) in [7, 11) is 0. The van der Waals surface area contributed by atoms with Gasteiger partial charge >= 0.3 is 0 Å². The number of rotatable bonds is 2. The van der Waals surface area contributed by atoms with Crippen molar-refractivity contribution in [3.8, 4) is 0 Å². The van der Waals surface area contributed by atoms with Gasteiger partial charge in [0.25, 0.3) is 0 Å². The lowest BCUT2D eigenvalue weighted by Gasteiger charge is -2.00. The van der Waals surface area contributed by atoms with E-state index in [4.69, 9.17) is 0 Å². The van der Waals surface area contributed by atoms with Crippen LogP contribution in [0.1, 0.15) is 18.1 Å². The largest absolute Gasteiger partial charge is 0.0990 e. The first kappa shape index (κ1) is 9.72. The summed E-state index contributed by atoms with van der Waals surface area (Å²) in [6, 6.07) is 8.46. The van der Waals surface area contributed by atoms with Crippen LogP contribution in [0.25, 0.3) is 11.1 Å². The second kappa shape index (κ2) is 4.14. The molecule has 0 nitrogen and oxygen atoms in total. The maximum atomic E-state index is 3.74. The van der Waals surface area contributed by atoms with Crippen LogP contribution in [0.15, 0.2) is 61.2 Å². The topological polar surface area (TPSA) is 0 Å². The molecule has 1 aliphatic carbocycles. The summed E-state index contributed by atoms with van der Waals surface area (Å²) in [5.74, 6) is 0. The molecule has 0 heteroatoms. The molecule has 0 N–H and O–H groups in total. The minimum Gasteiger partial charge on any atom is -0.0990 e. The second-order valence-corrected chi connectivity index (χ2v) is 3.50. The molecule has 0 radical (unpaired) electrons. The fourth-order valence-electron chi connectivity index (χ4n) is 1.89. The van der Waals surface area contributed by atoms with E-state index in [-0.39, 0.29) is 0 Å². The zero-order valence-corrected chi connectivity index (χ0v) is 8.90. The molecule has 0 heterocycles. The van der Waals surface area contributed by atoms with E-state index in [1.54, 1.807) is 0 Å². The zero-order chi connectivity index (χ0) is 10.7. The molecule has 1 aromatic rings. The Morgan fingerprint density at radius 2 is 1.87 bits per heavy atom. The van der Waals surface area contributed by atoms with Crippen molar-refractivity contribution in [2.45, 2.75) is 6.92 Å². The van der Waals surface area contributed by atoms with Gasteiger partial charge in [0.05, 0.1) is 0 Å². The van der Waals surface area contributed by atoms with Crippen LogP contribution in [-0.2, 0) is 0 Å². The number of hydrogen-bond donors (Lipinski definition) is 0. The Bertz CT molecular complexity index is 471. The van der Waals surface area contributed by atoms with Gasteiger partial charge in [-0.2, -0.15) is 0 Å². The van der Waals surface area contributed by atoms with E-state index >= 15 is 0 Å². The molecular weight excluding hydrogens is 180 g/mol.